The molecule has 208 valence electrons. The molecule has 1 aliphatic rings. The van der Waals surface area contributed by atoms with E-state index in [4.69, 9.17) is 18.9 Å². The Hall–Kier alpha value is -3.78. The SMILES string of the molecule is CCCCOc1ccc(OC)c2c1CCN(CC(=O)NCc1ccccn1)C2Cc1ccc(OC)c(OC)c1. The number of benzene rings is 2. The van der Waals surface area contributed by atoms with Crippen molar-refractivity contribution in [2.75, 3.05) is 41.0 Å². The van der Waals surface area contributed by atoms with Gasteiger partial charge in [-0.25, -0.2) is 0 Å². The number of fused-ring (bicyclic) bond motifs is 1. The molecule has 0 spiro atoms. The molecule has 0 bridgehead atoms. The van der Waals surface area contributed by atoms with Crippen LogP contribution in [-0.4, -0.2) is 56.8 Å². The predicted molar refractivity (Wildman–Crippen MR) is 151 cm³/mol. The van der Waals surface area contributed by atoms with Gasteiger partial charge in [0, 0.05) is 29.9 Å². The Kier molecular flexibility index (Phi) is 10.0. The first-order chi connectivity index (χ1) is 19.1. The number of hydrogen-bond donors (Lipinski definition) is 1. The van der Waals surface area contributed by atoms with E-state index >= 15 is 0 Å². The number of carbonyl (C=O) groups is 1. The molecule has 0 aliphatic carbocycles. The summed E-state index contributed by atoms with van der Waals surface area (Å²) in [5.41, 5.74) is 4.13. The van der Waals surface area contributed by atoms with Crippen molar-refractivity contribution in [1.82, 2.24) is 15.2 Å². The molecule has 1 aliphatic heterocycles. The van der Waals surface area contributed by atoms with Crippen LogP contribution in [0.25, 0.3) is 0 Å². The van der Waals surface area contributed by atoms with E-state index in [2.05, 4.69) is 22.1 Å². The number of unbranched alkanes of at least 4 members (excludes halogenated alkanes) is 1. The fraction of sp³-hybridized carbons (Fsp3) is 0.419. The molecule has 0 radical (unpaired) electrons. The Bertz CT molecular complexity index is 1230. The van der Waals surface area contributed by atoms with Gasteiger partial charge in [0.1, 0.15) is 11.5 Å². The van der Waals surface area contributed by atoms with Gasteiger partial charge in [-0.2, -0.15) is 0 Å². The molecule has 8 heteroatoms. The first kappa shape index (κ1) is 28.2. The zero-order valence-corrected chi connectivity index (χ0v) is 23.4. The number of nitrogens with zero attached hydrogens (tertiary/aromatic N) is 2. The number of methoxy groups -OCH3 is 3. The summed E-state index contributed by atoms with van der Waals surface area (Å²) in [7, 11) is 4.96. The van der Waals surface area contributed by atoms with E-state index in [0.717, 1.165) is 59.7 Å². The largest absolute Gasteiger partial charge is 0.496 e. The molecule has 0 fully saturated rings. The smallest absolute Gasteiger partial charge is 0.234 e. The van der Waals surface area contributed by atoms with Gasteiger partial charge in [0.25, 0.3) is 0 Å². The molecule has 39 heavy (non-hydrogen) atoms. The standard InChI is InChI=1S/C31H39N3O5/c1-5-6-17-39-26-12-13-28(37-3)31-24(26)14-16-34(21-30(35)33-20-23-9-7-8-15-32-23)25(31)18-22-10-11-27(36-2)29(19-22)38-4/h7-13,15,19,25H,5-6,14,16-18,20-21H2,1-4H3,(H,33,35). The lowest BCUT2D eigenvalue weighted by Crippen LogP contribution is -2.43. The van der Waals surface area contributed by atoms with Crippen molar-refractivity contribution in [2.45, 2.75) is 45.2 Å². The molecule has 0 saturated heterocycles. The van der Waals surface area contributed by atoms with Gasteiger partial charge in [-0.15, -0.1) is 0 Å². The van der Waals surface area contributed by atoms with Gasteiger partial charge in [0.2, 0.25) is 5.91 Å². The van der Waals surface area contributed by atoms with Crippen molar-refractivity contribution in [3.63, 3.8) is 0 Å². The summed E-state index contributed by atoms with van der Waals surface area (Å²) in [4.78, 5) is 19.6. The van der Waals surface area contributed by atoms with E-state index in [-0.39, 0.29) is 18.5 Å². The molecule has 1 amide bonds. The second-order valence-corrected chi connectivity index (χ2v) is 9.59. The number of amides is 1. The second-order valence-electron chi connectivity index (χ2n) is 9.59. The predicted octanol–water partition coefficient (Wildman–Crippen LogP) is 4.74. The van der Waals surface area contributed by atoms with Crippen LogP contribution in [0.5, 0.6) is 23.0 Å². The maximum absolute atomic E-state index is 13.1. The molecule has 2 heterocycles. The van der Waals surface area contributed by atoms with Gasteiger partial charge in [-0.1, -0.05) is 25.5 Å². The average molecular weight is 534 g/mol. The molecule has 1 N–H and O–H groups in total. The highest BCUT2D eigenvalue weighted by Crippen LogP contribution is 2.43. The summed E-state index contributed by atoms with van der Waals surface area (Å²) in [5.74, 6) is 3.01. The van der Waals surface area contributed by atoms with Crippen molar-refractivity contribution >= 4 is 5.91 Å². The van der Waals surface area contributed by atoms with E-state index in [0.29, 0.717) is 31.1 Å². The molecule has 1 unspecified atom stereocenters. The van der Waals surface area contributed by atoms with E-state index in [1.54, 1.807) is 27.5 Å². The van der Waals surface area contributed by atoms with Crippen LogP contribution >= 0.6 is 0 Å². The van der Waals surface area contributed by atoms with Crippen LogP contribution in [0, 0.1) is 0 Å². The van der Waals surface area contributed by atoms with E-state index in [1.165, 1.54) is 0 Å². The topological polar surface area (TPSA) is 82.2 Å². The van der Waals surface area contributed by atoms with Crippen LogP contribution in [0.4, 0.5) is 0 Å². The molecule has 1 aromatic heterocycles. The Labute approximate surface area is 231 Å². The van der Waals surface area contributed by atoms with Gasteiger partial charge in [-0.3, -0.25) is 14.7 Å². The quantitative estimate of drug-likeness (QED) is 0.318. The Morgan fingerprint density at radius 2 is 1.77 bits per heavy atom. The third-order valence-corrected chi connectivity index (χ3v) is 7.09. The van der Waals surface area contributed by atoms with E-state index in [9.17, 15) is 4.79 Å². The number of carbonyl (C=O) groups excluding carboxylic acids is 1. The van der Waals surface area contributed by atoms with Crippen molar-refractivity contribution < 1.29 is 23.7 Å². The van der Waals surface area contributed by atoms with Crippen LogP contribution in [0.2, 0.25) is 0 Å². The Morgan fingerprint density at radius 3 is 2.49 bits per heavy atom. The fourth-order valence-electron chi connectivity index (χ4n) is 5.06. The number of pyridine rings is 1. The third kappa shape index (κ3) is 7.00. The van der Waals surface area contributed by atoms with Crippen molar-refractivity contribution in [3.8, 4) is 23.0 Å². The normalized spacial score (nSPS) is 14.8. The van der Waals surface area contributed by atoms with Crippen LogP contribution in [0.1, 0.15) is 48.2 Å². The fourth-order valence-corrected chi connectivity index (χ4v) is 5.06. The zero-order chi connectivity index (χ0) is 27.6. The highest BCUT2D eigenvalue weighted by molar-refractivity contribution is 5.78. The number of hydrogen-bond acceptors (Lipinski definition) is 7. The van der Waals surface area contributed by atoms with E-state index in [1.807, 2.05) is 48.5 Å². The highest BCUT2D eigenvalue weighted by Gasteiger charge is 2.33. The Morgan fingerprint density at radius 1 is 1.00 bits per heavy atom. The monoisotopic (exact) mass is 533 g/mol. The first-order valence-electron chi connectivity index (χ1n) is 13.5. The minimum absolute atomic E-state index is 0.0456. The average Bonchev–Trinajstić information content (AvgIpc) is 2.97. The summed E-state index contributed by atoms with van der Waals surface area (Å²) in [6.07, 6.45) is 5.23. The molecular formula is C31H39N3O5. The summed E-state index contributed by atoms with van der Waals surface area (Å²) in [6.45, 7) is 4.20. The zero-order valence-electron chi connectivity index (χ0n) is 23.4. The van der Waals surface area contributed by atoms with Crippen LogP contribution in [0.3, 0.4) is 0 Å². The number of nitrogens with one attached hydrogen (secondary N) is 1. The van der Waals surface area contributed by atoms with Gasteiger partial charge >= 0.3 is 0 Å². The minimum Gasteiger partial charge on any atom is -0.496 e. The maximum Gasteiger partial charge on any atom is 0.234 e. The van der Waals surface area contributed by atoms with Crippen LogP contribution < -0.4 is 24.3 Å². The molecule has 8 nitrogen and oxygen atoms in total. The summed E-state index contributed by atoms with van der Waals surface area (Å²) >= 11 is 0. The van der Waals surface area contributed by atoms with Gasteiger partial charge in [0.15, 0.2) is 11.5 Å². The lowest BCUT2D eigenvalue weighted by molar-refractivity contribution is -0.123. The summed E-state index contributed by atoms with van der Waals surface area (Å²) in [5, 5.41) is 3.03. The Balaban J connectivity index is 1.64. The number of aromatic nitrogens is 1. The maximum atomic E-state index is 13.1. The first-order valence-corrected chi connectivity index (χ1v) is 13.5. The number of ether oxygens (including phenoxy) is 4. The van der Waals surface area contributed by atoms with Gasteiger partial charge in [-0.05, 0) is 61.2 Å². The van der Waals surface area contributed by atoms with Crippen LogP contribution in [-0.2, 0) is 24.2 Å². The van der Waals surface area contributed by atoms with Crippen LogP contribution in [0.15, 0.2) is 54.7 Å². The lowest BCUT2D eigenvalue weighted by atomic mass is 9.87. The molecule has 4 rings (SSSR count). The van der Waals surface area contributed by atoms with Crippen molar-refractivity contribution in [1.29, 1.82) is 0 Å². The highest BCUT2D eigenvalue weighted by atomic mass is 16.5. The second kappa shape index (κ2) is 13.8. The molecule has 1 atom stereocenters. The number of rotatable bonds is 13. The van der Waals surface area contributed by atoms with E-state index < -0.39 is 0 Å². The summed E-state index contributed by atoms with van der Waals surface area (Å²) < 4.78 is 23.1. The molecular weight excluding hydrogens is 494 g/mol. The summed E-state index contributed by atoms with van der Waals surface area (Å²) in [6, 6.07) is 15.5. The third-order valence-electron chi connectivity index (χ3n) is 7.09. The molecule has 3 aromatic rings. The lowest BCUT2D eigenvalue weighted by Gasteiger charge is -2.38. The minimum atomic E-state index is -0.0999. The van der Waals surface area contributed by atoms with Gasteiger partial charge < -0.3 is 24.3 Å². The molecule has 0 saturated carbocycles. The van der Waals surface area contributed by atoms with Gasteiger partial charge in [0.05, 0.1) is 46.7 Å². The van der Waals surface area contributed by atoms with Crippen molar-refractivity contribution in [3.05, 3.63) is 77.1 Å². The van der Waals surface area contributed by atoms with Crippen molar-refractivity contribution in [2.24, 2.45) is 0 Å². The molecule has 2 aromatic carbocycles.